The van der Waals surface area contributed by atoms with Crippen molar-refractivity contribution in [2.45, 2.75) is 0 Å². The first-order chi connectivity index (χ1) is 31.7. The van der Waals surface area contributed by atoms with Crippen LogP contribution in [0.5, 0.6) is 0 Å². The third-order valence-corrected chi connectivity index (χ3v) is 12.9. The molecule has 0 unspecified atom stereocenters. The average Bonchev–Trinajstić information content (AvgIpc) is 3.95. The normalized spacial score (nSPS) is 11.8. The maximum atomic E-state index is 5.42. The van der Waals surface area contributed by atoms with Gasteiger partial charge in [0.2, 0.25) is 0 Å². The van der Waals surface area contributed by atoms with Gasteiger partial charge in [-0.15, -0.1) is 0 Å². The Balaban J connectivity index is 1.02. The van der Waals surface area contributed by atoms with Gasteiger partial charge in [0.25, 0.3) is 0 Å². The summed E-state index contributed by atoms with van der Waals surface area (Å²) in [5, 5.41) is 9.70. The molecule has 64 heavy (non-hydrogen) atoms. The number of fused-ring (bicyclic) bond motifs is 10. The van der Waals surface area contributed by atoms with Crippen LogP contribution in [0.3, 0.4) is 0 Å². The lowest BCUT2D eigenvalue weighted by Crippen LogP contribution is -1.98. The summed E-state index contributed by atoms with van der Waals surface area (Å²) in [6.45, 7) is 0. The van der Waals surface area contributed by atoms with Gasteiger partial charge in [0.1, 0.15) is 0 Å². The van der Waals surface area contributed by atoms with E-state index in [-0.39, 0.29) is 0 Å². The third-order valence-electron chi connectivity index (χ3n) is 12.9. The van der Waals surface area contributed by atoms with Gasteiger partial charge in [0, 0.05) is 55.6 Å². The summed E-state index contributed by atoms with van der Waals surface area (Å²) >= 11 is 0. The number of rotatable bonds is 6. The molecular formula is C60H38N4. The van der Waals surface area contributed by atoms with Crippen molar-refractivity contribution in [3.63, 3.8) is 0 Å². The molecular weight excluding hydrogens is 777 g/mol. The summed E-state index contributed by atoms with van der Waals surface area (Å²) in [7, 11) is 0. The zero-order valence-electron chi connectivity index (χ0n) is 34.7. The van der Waals surface area contributed by atoms with Crippen LogP contribution in [0, 0.1) is 0 Å². The summed E-state index contributed by atoms with van der Waals surface area (Å²) in [6.07, 6.45) is 2.19. The van der Waals surface area contributed by atoms with Gasteiger partial charge in [-0.05, 0) is 117 Å². The number of hydrogen-bond donors (Lipinski definition) is 0. The SMILES string of the molecule is c1ccc(-c2cc(-c3ccccc3)cc(-c3nc(-c4ccc(-n5c6cc7c(ccn7-c7ccccc7)cc6c6c7ccccc7c7ccccc7c65)cc4)nc4ccccc34)c2)cc1. The van der Waals surface area contributed by atoms with E-state index in [4.69, 9.17) is 9.97 Å². The van der Waals surface area contributed by atoms with Gasteiger partial charge < -0.3 is 9.13 Å². The van der Waals surface area contributed by atoms with E-state index in [0.29, 0.717) is 5.82 Å². The Bertz CT molecular complexity index is 3860. The lowest BCUT2D eigenvalue weighted by molar-refractivity contribution is 1.13. The molecule has 3 aromatic heterocycles. The molecule has 13 rings (SSSR count). The fourth-order valence-electron chi connectivity index (χ4n) is 9.93. The van der Waals surface area contributed by atoms with Crippen LogP contribution < -0.4 is 0 Å². The highest BCUT2D eigenvalue weighted by Gasteiger charge is 2.21. The van der Waals surface area contributed by atoms with E-state index in [0.717, 1.165) is 72.4 Å². The molecule has 0 radical (unpaired) electrons. The minimum absolute atomic E-state index is 0.688. The smallest absolute Gasteiger partial charge is 0.160 e. The highest BCUT2D eigenvalue weighted by Crippen LogP contribution is 2.44. The molecule has 0 aliphatic rings. The topological polar surface area (TPSA) is 35.6 Å². The molecule has 4 heteroatoms. The van der Waals surface area contributed by atoms with Crippen LogP contribution in [0.4, 0.5) is 0 Å². The first kappa shape index (κ1) is 36.1. The lowest BCUT2D eigenvalue weighted by Gasteiger charge is -2.14. The Kier molecular flexibility index (Phi) is 8.18. The standard InChI is InChI=1S/C60H38N4/c1-4-16-39(17-5-1)43-34-44(40-18-6-2-7-19-40)36-45(35-43)58-52-26-14-15-27-54(52)61-60(62-58)41-28-30-47(31-29-41)64-56-38-55-42(32-33-63(55)46-20-8-3-9-21-46)37-53(56)57-50-24-12-10-22-48(50)49-23-11-13-25-51(49)59(57)64/h1-38H. The molecule has 0 fully saturated rings. The van der Waals surface area contributed by atoms with E-state index < -0.39 is 0 Å². The summed E-state index contributed by atoms with van der Waals surface area (Å²) < 4.78 is 4.76. The molecule has 0 atom stereocenters. The Hall–Kier alpha value is -8.60. The van der Waals surface area contributed by atoms with Crippen LogP contribution in [-0.4, -0.2) is 19.1 Å². The maximum Gasteiger partial charge on any atom is 0.160 e. The predicted molar refractivity (Wildman–Crippen MR) is 267 cm³/mol. The van der Waals surface area contributed by atoms with E-state index in [2.05, 4.69) is 240 Å². The monoisotopic (exact) mass is 814 g/mol. The van der Waals surface area contributed by atoms with Gasteiger partial charge in [-0.2, -0.15) is 0 Å². The van der Waals surface area contributed by atoms with Crippen molar-refractivity contribution in [3.8, 4) is 56.3 Å². The van der Waals surface area contributed by atoms with Gasteiger partial charge in [-0.1, -0.05) is 146 Å². The fraction of sp³-hybridized carbons (Fsp3) is 0. The summed E-state index contributed by atoms with van der Waals surface area (Å²) in [6, 6.07) is 80.5. The second-order valence-electron chi connectivity index (χ2n) is 16.6. The molecule has 0 spiro atoms. The fourth-order valence-corrected chi connectivity index (χ4v) is 9.93. The van der Waals surface area contributed by atoms with Crippen LogP contribution in [0.25, 0.3) is 121 Å². The van der Waals surface area contributed by atoms with Crippen molar-refractivity contribution in [1.29, 1.82) is 0 Å². The van der Waals surface area contributed by atoms with E-state index in [1.54, 1.807) is 0 Å². The number of hydrogen-bond acceptors (Lipinski definition) is 2. The highest BCUT2D eigenvalue weighted by molar-refractivity contribution is 6.33. The maximum absolute atomic E-state index is 5.42. The van der Waals surface area contributed by atoms with Gasteiger partial charge >= 0.3 is 0 Å². The van der Waals surface area contributed by atoms with Gasteiger partial charge in [0.15, 0.2) is 5.82 Å². The summed E-state index contributed by atoms with van der Waals surface area (Å²) in [5.74, 6) is 0.688. The Morgan fingerprint density at radius 1 is 0.328 bits per heavy atom. The molecule has 4 nitrogen and oxygen atoms in total. The van der Waals surface area contributed by atoms with Crippen molar-refractivity contribution in [2.24, 2.45) is 0 Å². The molecule has 0 aliphatic carbocycles. The van der Waals surface area contributed by atoms with Crippen molar-refractivity contribution < 1.29 is 0 Å². The number of para-hydroxylation sites is 2. The zero-order valence-corrected chi connectivity index (χ0v) is 34.7. The van der Waals surface area contributed by atoms with E-state index in [1.807, 2.05) is 0 Å². The molecule has 0 saturated carbocycles. The second-order valence-corrected chi connectivity index (χ2v) is 16.6. The first-order valence-electron chi connectivity index (χ1n) is 21.8. The quantitative estimate of drug-likeness (QED) is 0.157. The zero-order chi connectivity index (χ0) is 42.1. The molecule has 0 bridgehead atoms. The van der Waals surface area contributed by atoms with Crippen LogP contribution in [0.15, 0.2) is 231 Å². The minimum Gasteiger partial charge on any atom is -0.316 e. The second kappa shape index (κ2) is 14.5. The predicted octanol–water partition coefficient (Wildman–Crippen LogP) is 15.6. The molecule has 0 saturated heterocycles. The molecule has 0 amide bonds. The Morgan fingerprint density at radius 2 is 0.891 bits per heavy atom. The van der Waals surface area contributed by atoms with Crippen LogP contribution >= 0.6 is 0 Å². The van der Waals surface area contributed by atoms with Gasteiger partial charge in [-0.3, -0.25) is 0 Å². The molecule has 13 aromatic rings. The van der Waals surface area contributed by atoms with E-state index in [1.165, 1.54) is 43.2 Å². The highest BCUT2D eigenvalue weighted by atomic mass is 15.0. The largest absolute Gasteiger partial charge is 0.316 e. The molecule has 298 valence electrons. The molecule has 0 aliphatic heterocycles. The summed E-state index contributed by atoms with van der Waals surface area (Å²) in [5.41, 5.74) is 14.2. The van der Waals surface area contributed by atoms with Gasteiger partial charge in [0.05, 0.1) is 27.8 Å². The van der Waals surface area contributed by atoms with E-state index >= 15 is 0 Å². The van der Waals surface area contributed by atoms with Gasteiger partial charge in [-0.25, -0.2) is 9.97 Å². The third kappa shape index (κ3) is 5.77. The number of aromatic nitrogens is 4. The van der Waals surface area contributed by atoms with Crippen molar-refractivity contribution >= 4 is 65.2 Å². The van der Waals surface area contributed by atoms with Crippen LogP contribution in [0.2, 0.25) is 0 Å². The van der Waals surface area contributed by atoms with Crippen LogP contribution in [-0.2, 0) is 0 Å². The van der Waals surface area contributed by atoms with Crippen molar-refractivity contribution in [2.75, 3.05) is 0 Å². The van der Waals surface area contributed by atoms with Crippen molar-refractivity contribution in [1.82, 2.24) is 19.1 Å². The lowest BCUT2D eigenvalue weighted by atomic mass is 9.94. The number of benzene rings is 10. The molecule has 0 N–H and O–H groups in total. The summed E-state index contributed by atoms with van der Waals surface area (Å²) in [4.78, 5) is 10.6. The number of nitrogens with zero attached hydrogens (tertiary/aromatic N) is 4. The molecule has 3 heterocycles. The Morgan fingerprint density at radius 3 is 1.58 bits per heavy atom. The Labute approximate surface area is 369 Å². The van der Waals surface area contributed by atoms with E-state index in [9.17, 15) is 0 Å². The molecule has 10 aromatic carbocycles. The van der Waals surface area contributed by atoms with Crippen molar-refractivity contribution in [3.05, 3.63) is 231 Å². The van der Waals surface area contributed by atoms with Crippen LogP contribution in [0.1, 0.15) is 0 Å². The minimum atomic E-state index is 0.688. The first-order valence-corrected chi connectivity index (χ1v) is 21.8. The average molecular weight is 815 g/mol.